The van der Waals surface area contributed by atoms with E-state index in [4.69, 9.17) is 9.47 Å². The highest BCUT2D eigenvalue weighted by atomic mass is 32.2. The lowest BCUT2D eigenvalue weighted by Gasteiger charge is -2.38. The molecule has 0 radical (unpaired) electrons. The highest BCUT2D eigenvalue weighted by Gasteiger charge is 2.48. The van der Waals surface area contributed by atoms with E-state index in [0.29, 0.717) is 13.2 Å². The number of hydrogen-bond acceptors (Lipinski definition) is 4. The fourth-order valence-corrected chi connectivity index (χ4v) is 3.50. The Balaban J connectivity index is 2.31. The summed E-state index contributed by atoms with van der Waals surface area (Å²) >= 11 is 1.57. The molecule has 4 heteroatoms. The van der Waals surface area contributed by atoms with Crippen LogP contribution in [0, 0.1) is 20.8 Å². The fraction of sp³-hybridized carbons (Fsp3) is 0.500. The summed E-state index contributed by atoms with van der Waals surface area (Å²) in [6.45, 7) is 7.09. The molecule has 0 aliphatic carbocycles. The molecule has 0 N–H and O–H groups in total. The van der Waals surface area contributed by atoms with Gasteiger partial charge in [0.25, 0.3) is 0 Å². The second-order valence-corrected chi connectivity index (χ2v) is 6.20. The third-order valence-electron chi connectivity index (χ3n) is 3.13. The molecule has 3 nitrogen and oxygen atoms in total. The van der Waals surface area contributed by atoms with Gasteiger partial charge >= 0.3 is 5.97 Å². The van der Waals surface area contributed by atoms with Crippen LogP contribution in [-0.2, 0) is 14.3 Å². The van der Waals surface area contributed by atoms with Crippen LogP contribution < -0.4 is 0 Å². The lowest BCUT2D eigenvalue weighted by molar-refractivity contribution is -0.155. The molecule has 0 aromatic heterocycles. The first-order chi connectivity index (χ1) is 8.48. The van der Waals surface area contributed by atoms with E-state index in [2.05, 4.69) is 32.9 Å². The SMILES string of the molecule is COC(=O)C1(Sc2c(C)cc(C)cc2C)COC1. The molecule has 1 aliphatic rings. The second-order valence-electron chi connectivity index (χ2n) is 4.81. The molecule has 0 amide bonds. The molecule has 1 aromatic rings. The highest BCUT2D eigenvalue weighted by Crippen LogP contribution is 2.42. The van der Waals surface area contributed by atoms with Gasteiger partial charge in [-0.3, -0.25) is 4.79 Å². The minimum absolute atomic E-state index is 0.196. The maximum atomic E-state index is 11.9. The molecule has 1 heterocycles. The van der Waals surface area contributed by atoms with Crippen LogP contribution in [0.3, 0.4) is 0 Å². The number of aryl methyl sites for hydroxylation is 3. The van der Waals surface area contributed by atoms with Gasteiger partial charge in [0.1, 0.15) is 0 Å². The van der Waals surface area contributed by atoms with Crippen molar-refractivity contribution in [1.82, 2.24) is 0 Å². The predicted octanol–water partition coefficient (Wildman–Crippen LogP) is 2.65. The summed E-state index contributed by atoms with van der Waals surface area (Å²) in [4.78, 5) is 13.0. The van der Waals surface area contributed by atoms with Crippen molar-refractivity contribution in [2.45, 2.75) is 30.4 Å². The van der Waals surface area contributed by atoms with Crippen LogP contribution in [-0.4, -0.2) is 31.0 Å². The Bertz CT molecular complexity index is 455. The maximum Gasteiger partial charge on any atom is 0.327 e. The van der Waals surface area contributed by atoms with E-state index in [1.807, 2.05) is 0 Å². The van der Waals surface area contributed by atoms with Gasteiger partial charge in [-0.25, -0.2) is 0 Å². The fourth-order valence-electron chi connectivity index (χ4n) is 2.22. The second kappa shape index (κ2) is 4.94. The topological polar surface area (TPSA) is 35.5 Å². The zero-order valence-electron chi connectivity index (χ0n) is 11.2. The standard InChI is InChI=1S/C14H18O3S/c1-9-5-10(2)12(11(3)6-9)18-14(7-17-8-14)13(15)16-4/h5-6H,7-8H2,1-4H3. The van der Waals surface area contributed by atoms with E-state index >= 15 is 0 Å². The third kappa shape index (κ3) is 2.27. The van der Waals surface area contributed by atoms with Gasteiger partial charge < -0.3 is 9.47 Å². The number of carbonyl (C=O) groups is 1. The number of benzene rings is 1. The van der Waals surface area contributed by atoms with E-state index < -0.39 is 4.75 Å². The van der Waals surface area contributed by atoms with Gasteiger partial charge in [0, 0.05) is 4.90 Å². The van der Waals surface area contributed by atoms with Gasteiger partial charge in [0.2, 0.25) is 0 Å². The normalized spacial score (nSPS) is 17.1. The van der Waals surface area contributed by atoms with Crippen LogP contribution in [0.15, 0.2) is 17.0 Å². The van der Waals surface area contributed by atoms with Gasteiger partial charge in [-0.05, 0) is 31.9 Å². The quantitative estimate of drug-likeness (QED) is 0.788. The predicted molar refractivity (Wildman–Crippen MR) is 72.1 cm³/mol. The Morgan fingerprint density at radius 3 is 2.22 bits per heavy atom. The lowest BCUT2D eigenvalue weighted by Crippen LogP contribution is -2.53. The Hall–Kier alpha value is -1.00. The van der Waals surface area contributed by atoms with Crippen molar-refractivity contribution in [3.63, 3.8) is 0 Å². The molecule has 98 valence electrons. The number of thioether (sulfide) groups is 1. The van der Waals surface area contributed by atoms with Gasteiger partial charge in [-0.2, -0.15) is 0 Å². The summed E-state index contributed by atoms with van der Waals surface area (Å²) in [7, 11) is 1.43. The minimum Gasteiger partial charge on any atom is -0.468 e. The Kier molecular flexibility index (Phi) is 3.69. The molecule has 1 saturated heterocycles. The smallest absolute Gasteiger partial charge is 0.327 e. The zero-order valence-corrected chi connectivity index (χ0v) is 12.0. The molecule has 2 rings (SSSR count). The van der Waals surface area contributed by atoms with Crippen LogP contribution in [0.4, 0.5) is 0 Å². The van der Waals surface area contributed by atoms with Crippen molar-refractivity contribution < 1.29 is 14.3 Å². The summed E-state index contributed by atoms with van der Waals surface area (Å²) in [5, 5.41) is 0. The zero-order chi connectivity index (χ0) is 13.3. The molecule has 0 saturated carbocycles. The Morgan fingerprint density at radius 2 is 1.83 bits per heavy atom. The maximum absolute atomic E-state index is 11.9. The molecule has 1 aliphatic heterocycles. The number of carbonyl (C=O) groups excluding carboxylic acids is 1. The van der Waals surface area contributed by atoms with E-state index in [1.165, 1.54) is 23.8 Å². The van der Waals surface area contributed by atoms with E-state index in [9.17, 15) is 4.79 Å². The van der Waals surface area contributed by atoms with Crippen LogP contribution in [0.25, 0.3) is 0 Å². The van der Waals surface area contributed by atoms with Gasteiger partial charge in [0.15, 0.2) is 4.75 Å². The summed E-state index contributed by atoms with van der Waals surface area (Å²) in [6, 6.07) is 4.28. The molecule has 0 unspecified atom stereocenters. The van der Waals surface area contributed by atoms with Crippen molar-refractivity contribution in [3.8, 4) is 0 Å². The van der Waals surface area contributed by atoms with Gasteiger partial charge in [0.05, 0.1) is 20.3 Å². The van der Waals surface area contributed by atoms with Crippen molar-refractivity contribution in [2.75, 3.05) is 20.3 Å². The number of hydrogen-bond donors (Lipinski definition) is 0. The van der Waals surface area contributed by atoms with Crippen LogP contribution >= 0.6 is 11.8 Å². The van der Waals surface area contributed by atoms with Gasteiger partial charge in [-0.15, -0.1) is 11.8 Å². The number of rotatable bonds is 3. The Labute approximate surface area is 112 Å². The Morgan fingerprint density at radius 1 is 1.28 bits per heavy atom. The molecular formula is C14H18O3S. The molecule has 1 fully saturated rings. The molecule has 1 aromatic carbocycles. The summed E-state index contributed by atoms with van der Waals surface area (Å²) in [6.07, 6.45) is 0. The number of methoxy groups -OCH3 is 1. The number of ether oxygens (including phenoxy) is 2. The monoisotopic (exact) mass is 266 g/mol. The first-order valence-electron chi connectivity index (χ1n) is 5.91. The molecule has 18 heavy (non-hydrogen) atoms. The van der Waals surface area contributed by atoms with Gasteiger partial charge in [-0.1, -0.05) is 17.7 Å². The molecule has 0 atom stereocenters. The molecule has 0 spiro atoms. The average Bonchev–Trinajstić information content (AvgIpc) is 2.25. The van der Waals surface area contributed by atoms with Crippen molar-refractivity contribution in [3.05, 3.63) is 28.8 Å². The van der Waals surface area contributed by atoms with E-state index in [-0.39, 0.29) is 5.97 Å². The van der Waals surface area contributed by atoms with Crippen molar-refractivity contribution in [2.24, 2.45) is 0 Å². The van der Waals surface area contributed by atoms with E-state index in [0.717, 1.165) is 4.90 Å². The molecule has 0 bridgehead atoms. The first-order valence-corrected chi connectivity index (χ1v) is 6.73. The van der Waals surface area contributed by atoms with Crippen molar-refractivity contribution in [1.29, 1.82) is 0 Å². The van der Waals surface area contributed by atoms with Crippen molar-refractivity contribution >= 4 is 17.7 Å². The van der Waals surface area contributed by atoms with E-state index in [1.54, 1.807) is 11.8 Å². The van der Waals surface area contributed by atoms with Crippen LogP contribution in [0.5, 0.6) is 0 Å². The summed E-state index contributed by atoms with van der Waals surface area (Å²) in [5.41, 5.74) is 3.65. The van der Waals surface area contributed by atoms with Crippen LogP contribution in [0.2, 0.25) is 0 Å². The number of esters is 1. The minimum atomic E-state index is -0.556. The lowest BCUT2D eigenvalue weighted by atomic mass is 10.1. The molecular weight excluding hydrogens is 248 g/mol. The highest BCUT2D eigenvalue weighted by molar-refractivity contribution is 8.01. The average molecular weight is 266 g/mol. The largest absolute Gasteiger partial charge is 0.468 e. The summed E-state index contributed by atoms with van der Waals surface area (Å²) in [5.74, 6) is -0.196. The van der Waals surface area contributed by atoms with Crippen LogP contribution in [0.1, 0.15) is 16.7 Å². The third-order valence-corrected chi connectivity index (χ3v) is 4.77. The first kappa shape index (κ1) is 13.4. The summed E-state index contributed by atoms with van der Waals surface area (Å²) < 4.78 is 9.55.